The van der Waals surface area contributed by atoms with E-state index in [2.05, 4.69) is 9.80 Å². The van der Waals surface area contributed by atoms with E-state index in [1.165, 1.54) is 38.5 Å². The number of carbonyl (C=O) groups excluding carboxylic acids is 1. The van der Waals surface area contributed by atoms with Gasteiger partial charge in [-0.3, -0.25) is 4.79 Å². The summed E-state index contributed by atoms with van der Waals surface area (Å²) < 4.78 is 0. The van der Waals surface area contributed by atoms with E-state index in [4.69, 9.17) is 0 Å². The van der Waals surface area contributed by atoms with Crippen LogP contribution in [0.25, 0.3) is 0 Å². The average molecular weight is 236 g/mol. The van der Waals surface area contributed by atoms with Crippen molar-refractivity contribution < 1.29 is 4.79 Å². The van der Waals surface area contributed by atoms with Gasteiger partial charge in [0.15, 0.2) is 0 Å². The van der Waals surface area contributed by atoms with Crippen LogP contribution >= 0.6 is 0 Å². The molecule has 2 saturated carbocycles. The molecule has 0 aromatic carbocycles. The third kappa shape index (κ3) is 3.09. The Hall–Kier alpha value is -0.830. The molecule has 2 rings (SSSR count). The predicted molar refractivity (Wildman–Crippen MR) is 69.8 cm³/mol. The molecule has 0 aliphatic heterocycles. The van der Waals surface area contributed by atoms with E-state index in [0.29, 0.717) is 12.1 Å². The molecule has 0 atom stereocenters. The minimum atomic E-state index is 0.237. The Morgan fingerprint density at radius 2 is 1.65 bits per heavy atom. The number of carbonyl (C=O) groups is 1. The zero-order valence-corrected chi connectivity index (χ0v) is 11.1. The van der Waals surface area contributed by atoms with Gasteiger partial charge >= 0.3 is 0 Å². The fraction of sp³-hybridized carbons (Fsp3) is 0.786. The van der Waals surface area contributed by atoms with E-state index >= 15 is 0 Å². The molecule has 0 aromatic rings. The zero-order valence-electron chi connectivity index (χ0n) is 11.1. The van der Waals surface area contributed by atoms with Crippen LogP contribution in [0.5, 0.6) is 0 Å². The molecule has 0 heterocycles. The molecule has 2 aliphatic carbocycles. The molecule has 96 valence electrons. The lowest BCUT2D eigenvalue weighted by Gasteiger charge is -2.45. The fourth-order valence-corrected chi connectivity index (χ4v) is 2.44. The van der Waals surface area contributed by atoms with Crippen LogP contribution in [0.15, 0.2) is 12.2 Å². The fourth-order valence-electron chi connectivity index (χ4n) is 2.44. The average Bonchev–Trinajstić information content (AvgIpc) is 2.10. The van der Waals surface area contributed by atoms with Gasteiger partial charge in [0.25, 0.3) is 0 Å². The van der Waals surface area contributed by atoms with Gasteiger partial charge < -0.3 is 9.80 Å². The van der Waals surface area contributed by atoms with Crippen LogP contribution in [0, 0.1) is 0 Å². The summed E-state index contributed by atoms with van der Waals surface area (Å²) >= 11 is 0. The van der Waals surface area contributed by atoms with Crippen LogP contribution in [-0.4, -0.2) is 48.4 Å². The molecule has 2 fully saturated rings. The number of hydrogen-bond donors (Lipinski definition) is 0. The Bertz CT molecular complexity index is 277. The molecule has 0 N–H and O–H groups in total. The molecular weight excluding hydrogens is 212 g/mol. The smallest absolute Gasteiger partial charge is 0.246 e. The molecule has 0 saturated heterocycles. The molecular formula is C14H24N2O. The van der Waals surface area contributed by atoms with Gasteiger partial charge in [0.2, 0.25) is 5.91 Å². The van der Waals surface area contributed by atoms with Crippen molar-refractivity contribution in [2.24, 2.45) is 0 Å². The van der Waals surface area contributed by atoms with Gasteiger partial charge in [-0.1, -0.05) is 6.08 Å². The van der Waals surface area contributed by atoms with Gasteiger partial charge in [0, 0.05) is 24.7 Å². The monoisotopic (exact) mass is 236 g/mol. The Labute approximate surface area is 104 Å². The van der Waals surface area contributed by atoms with Crippen LogP contribution in [0.1, 0.15) is 38.5 Å². The molecule has 0 unspecified atom stereocenters. The molecule has 2 aliphatic rings. The summed E-state index contributed by atoms with van der Waals surface area (Å²) in [5.41, 5.74) is 0. The van der Waals surface area contributed by atoms with Crippen molar-refractivity contribution in [3.63, 3.8) is 0 Å². The van der Waals surface area contributed by atoms with Crippen LogP contribution in [0.3, 0.4) is 0 Å². The second-order valence-electron chi connectivity index (χ2n) is 5.58. The second kappa shape index (κ2) is 5.67. The number of likely N-dealkylation sites (N-methyl/N-ethyl adjacent to an activating group) is 1. The summed E-state index contributed by atoms with van der Waals surface area (Å²) in [4.78, 5) is 16.4. The lowest BCUT2D eigenvalue weighted by atomic mass is 9.84. The van der Waals surface area contributed by atoms with Crippen molar-refractivity contribution in [2.45, 2.75) is 50.6 Å². The minimum Gasteiger partial charge on any atom is -0.333 e. The summed E-state index contributed by atoms with van der Waals surface area (Å²) in [5, 5.41) is 0. The molecule has 0 radical (unpaired) electrons. The third-order valence-electron chi connectivity index (χ3n) is 3.92. The number of nitrogens with zero attached hydrogens (tertiary/aromatic N) is 2. The largest absolute Gasteiger partial charge is 0.333 e. The van der Waals surface area contributed by atoms with Crippen molar-refractivity contribution in [3.8, 4) is 0 Å². The maximum absolute atomic E-state index is 12.2. The van der Waals surface area contributed by atoms with E-state index in [1.807, 2.05) is 20.2 Å². The third-order valence-corrected chi connectivity index (χ3v) is 3.92. The summed E-state index contributed by atoms with van der Waals surface area (Å²) in [6.07, 6.45) is 11.2. The highest BCUT2D eigenvalue weighted by molar-refractivity contribution is 5.88. The normalized spacial score (nSPS) is 21.6. The first-order valence-electron chi connectivity index (χ1n) is 6.82. The lowest BCUT2D eigenvalue weighted by Crippen LogP contribution is -2.52. The molecule has 0 spiro atoms. The molecule has 3 nitrogen and oxygen atoms in total. The first-order valence-corrected chi connectivity index (χ1v) is 6.82. The van der Waals surface area contributed by atoms with Gasteiger partial charge in [-0.2, -0.15) is 0 Å². The quantitative estimate of drug-likeness (QED) is 0.682. The summed E-state index contributed by atoms with van der Waals surface area (Å²) in [6, 6.07) is 1.08. The van der Waals surface area contributed by atoms with E-state index in [1.54, 1.807) is 6.08 Å². The van der Waals surface area contributed by atoms with Crippen LogP contribution in [0.4, 0.5) is 0 Å². The van der Waals surface area contributed by atoms with Crippen molar-refractivity contribution >= 4 is 5.91 Å². The number of amides is 1. The van der Waals surface area contributed by atoms with Gasteiger partial charge in [-0.15, -0.1) is 0 Å². The topological polar surface area (TPSA) is 23.6 Å². The highest BCUT2D eigenvalue weighted by Crippen LogP contribution is 2.33. The Morgan fingerprint density at radius 3 is 2.00 bits per heavy atom. The Kier molecular flexibility index (Phi) is 4.21. The van der Waals surface area contributed by atoms with Crippen molar-refractivity contribution in [3.05, 3.63) is 12.2 Å². The molecule has 3 heteroatoms. The maximum Gasteiger partial charge on any atom is 0.246 e. The first-order chi connectivity index (χ1) is 8.18. The highest BCUT2D eigenvalue weighted by atomic mass is 16.2. The Morgan fingerprint density at radius 1 is 1.12 bits per heavy atom. The van der Waals surface area contributed by atoms with Gasteiger partial charge in [0.1, 0.15) is 0 Å². The zero-order chi connectivity index (χ0) is 12.3. The number of rotatable bonds is 5. The molecule has 0 aromatic heterocycles. The minimum absolute atomic E-state index is 0.237. The van der Waals surface area contributed by atoms with E-state index in [9.17, 15) is 4.79 Å². The van der Waals surface area contributed by atoms with Crippen LogP contribution in [-0.2, 0) is 4.79 Å². The first kappa shape index (κ1) is 12.6. The van der Waals surface area contributed by atoms with Gasteiger partial charge in [-0.25, -0.2) is 0 Å². The summed E-state index contributed by atoms with van der Waals surface area (Å²) in [6.45, 7) is 0.842. The van der Waals surface area contributed by atoms with Crippen molar-refractivity contribution in [1.29, 1.82) is 0 Å². The van der Waals surface area contributed by atoms with Crippen molar-refractivity contribution in [1.82, 2.24) is 9.80 Å². The van der Waals surface area contributed by atoms with Crippen LogP contribution in [0.2, 0.25) is 0 Å². The lowest BCUT2D eigenvalue weighted by molar-refractivity contribution is -0.135. The SMILES string of the molecule is CN(C)C/C=C/C(=O)N(C1CCC1)C1CCC1. The molecule has 0 bridgehead atoms. The molecule has 1 amide bonds. The molecule has 17 heavy (non-hydrogen) atoms. The summed E-state index contributed by atoms with van der Waals surface area (Å²) in [5.74, 6) is 0.237. The summed E-state index contributed by atoms with van der Waals surface area (Å²) in [7, 11) is 4.04. The second-order valence-corrected chi connectivity index (χ2v) is 5.58. The number of hydrogen-bond acceptors (Lipinski definition) is 2. The van der Waals surface area contributed by atoms with E-state index in [-0.39, 0.29) is 5.91 Å². The van der Waals surface area contributed by atoms with Gasteiger partial charge in [-0.05, 0) is 52.6 Å². The predicted octanol–water partition coefficient (Wildman–Crippen LogP) is 2.04. The standard InChI is InChI=1S/C14H24N2O/c1-15(2)11-5-10-14(17)16(12-6-3-7-12)13-8-4-9-13/h5,10,12-13H,3-4,6-9,11H2,1-2H3/b10-5+. The van der Waals surface area contributed by atoms with Crippen molar-refractivity contribution in [2.75, 3.05) is 20.6 Å². The van der Waals surface area contributed by atoms with E-state index in [0.717, 1.165) is 6.54 Å². The maximum atomic E-state index is 12.2. The van der Waals surface area contributed by atoms with E-state index < -0.39 is 0 Å². The van der Waals surface area contributed by atoms with Crippen LogP contribution < -0.4 is 0 Å². The van der Waals surface area contributed by atoms with Gasteiger partial charge in [0.05, 0.1) is 0 Å². The Balaban J connectivity index is 1.90. The highest BCUT2D eigenvalue weighted by Gasteiger charge is 2.35.